The minimum Gasteiger partial charge on any atom is -0.326 e. The van der Waals surface area contributed by atoms with E-state index in [4.69, 9.17) is 6.42 Å². The molecule has 1 aromatic carbocycles. The number of amides is 1. The fraction of sp³-hybridized carbons (Fsp3) is 0.250. The van der Waals surface area contributed by atoms with Crippen LogP contribution in [0.15, 0.2) is 36.4 Å². The van der Waals surface area contributed by atoms with E-state index in [0.29, 0.717) is 18.8 Å². The van der Waals surface area contributed by atoms with E-state index >= 15 is 0 Å². The molecule has 0 atom stereocenters. The number of fused-ring (bicyclic) bond motifs is 1. The number of pyridine rings is 1. The van der Waals surface area contributed by atoms with Crippen LogP contribution in [-0.4, -0.2) is 28.9 Å². The molecule has 0 aliphatic heterocycles. The molecular weight excluding hydrogens is 236 g/mol. The van der Waals surface area contributed by atoms with Crippen molar-refractivity contribution < 1.29 is 4.79 Å². The SMILES string of the molecule is C#CCN(CCC)C(=O)c1ccc2ccccc2n1. The van der Waals surface area contributed by atoms with Gasteiger partial charge in [-0.15, -0.1) is 6.42 Å². The average Bonchev–Trinajstić information content (AvgIpc) is 2.46. The third-order valence-corrected chi connectivity index (χ3v) is 2.88. The van der Waals surface area contributed by atoms with Crippen molar-refractivity contribution in [2.45, 2.75) is 13.3 Å². The molecule has 0 spiro atoms. The van der Waals surface area contributed by atoms with E-state index in [2.05, 4.69) is 10.9 Å². The third-order valence-electron chi connectivity index (χ3n) is 2.88. The molecule has 0 saturated carbocycles. The second kappa shape index (κ2) is 6.01. The van der Waals surface area contributed by atoms with Crippen molar-refractivity contribution in [3.05, 3.63) is 42.1 Å². The Morgan fingerprint density at radius 2 is 2.11 bits per heavy atom. The molecule has 0 radical (unpaired) electrons. The van der Waals surface area contributed by atoms with Gasteiger partial charge in [-0.2, -0.15) is 0 Å². The molecule has 1 aromatic heterocycles. The average molecular weight is 252 g/mol. The van der Waals surface area contributed by atoms with Crippen molar-refractivity contribution in [2.75, 3.05) is 13.1 Å². The van der Waals surface area contributed by atoms with Gasteiger partial charge < -0.3 is 4.90 Å². The van der Waals surface area contributed by atoms with Crippen LogP contribution in [0.25, 0.3) is 10.9 Å². The summed E-state index contributed by atoms with van der Waals surface area (Å²) in [5.74, 6) is 2.41. The predicted octanol–water partition coefficient (Wildman–Crippen LogP) is 2.72. The van der Waals surface area contributed by atoms with E-state index in [1.54, 1.807) is 11.0 Å². The molecule has 3 nitrogen and oxygen atoms in total. The molecule has 0 aliphatic rings. The van der Waals surface area contributed by atoms with E-state index in [-0.39, 0.29) is 5.91 Å². The quantitative estimate of drug-likeness (QED) is 0.784. The molecule has 0 unspecified atom stereocenters. The molecule has 0 fully saturated rings. The Morgan fingerprint density at radius 1 is 1.32 bits per heavy atom. The Balaban J connectivity index is 2.32. The van der Waals surface area contributed by atoms with E-state index in [1.807, 2.05) is 37.3 Å². The fourth-order valence-corrected chi connectivity index (χ4v) is 1.98. The lowest BCUT2D eigenvalue weighted by Gasteiger charge is -2.18. The van der Waals surface area contributed by atoms with Gasteiger partial charge >= 0.3 is 0 Å². The summed E-state index contributed by atoms with van der Waals surface area (Å²) in [6, 6.07) is 11.4. The second-order valence-corrected chi connectivity index (χ2v) is 4.32. The first-order chi connectivity index (χ1) is 9.26. The Bertz CT molecular complexity index is 628. The number of aromatic nitrogens is 1. The van der Waals surface area contributed by atoms with Gasteiger partial charge in [0.2, 0.25) is 0 Å². The maximum absolute atomic E-state index is 12.3. The number of carbonyl (C=O) groups excluding carboxylic acids is 1. The minimum atomic E-state index is -0.106. The fourth-order valence-electron chi connectivity index (χ4n) is 1.98. The Hall–Kier alpha value is -2.34. The summed E-state index contributed by atoms with van der Waals surface area (Å²) in [5.41, 5.74) is 1.27. The summed E-state index contributed by atoms with van der Waals surface area (Å²) in [6.07, 6.45) is 6.18. The van der Waals surface area contributed by atoms with Gasteiger partial charge in [0.1, 0.15) is 5.69 Å². The van der Waals surface area contributed by atoms with Crippen LogP contribution < -0.4 is 0 Å². The normalized spacial score (nSPS) is 10.1. The number of hydrogen-bond acceptors (Lipinski definition) is 2. The molecule has 2 rings (SSSR count). The van der Waals surface area contributed by atoms with Crippen molar-refractivity contribution in [2.24, 2.45) is 0 Å². The molecule has 2 aromatic rings. The summed E-state index contributed by atoms with van der Waals surface area (Å²) in [5, 5.41) is 1.03. The smallest absolute Gasteiger partial charge is 0.273 e. The lowest BCUT2D eigenvalue weighted by Crippen LogP contribution is -2.32. The molecule has 0 aliphatic carbocycles. The van der Waals surface area contributed by atoms with Crippen molar-refractivity contribution in [1.29, 1.82) is 0 Å². The second-order valence-electron chi connectivity index (χ2n) is 4.32. The van der Waals surface area contributed by atoms with Crippen molar-refractivity contribution >= 4 is 16.8 Å². The zero-order chi connectivity index (χ0) is 13.7. The molecule has 96 valence electrons. The van der Waals surface area contributed by atoms with E-state index in [0.717, 1.165) is 17.3 Å². The van der Waals surface area contributed by atoms with Crippen LogP contribution in [0.5, 0.6) is 0 Å². The van der Waals surface area contributed by atoms with Crippen molar-refractivity contribution in [1.82, 2.24) is 9.88 Å². The molecule has 0 N–H and O–H groups in total. The number of benzene rings is 1. The molecule has 0 bridgehead atoms. The molecule has 3 heteroatoms. The first-order valence-corrected chi connectivity index (χ1v) is 6.34. The highest BCUT2D eigenvalue weighted by atomic mass is 16.2. The summed E-state index contributed by atoms with van der Waals surface area (Å²) >= 11 is 0. The number of para-hydroxylation sites is 1. The monoisotopic (exact) mass is 252 g/mol. The lowest BCUT2D eigenvalue weighted by atomic mass is 10.2. The highest BCUT2D eigenvalue weighted by molar-refractivity contribution is 5.95. The van der Waals surface area contributed by atoms with Gasteiger partial charge in [-0.25, -0.2) is 4.98 Å². The van der Waals surface area contributed by atoms with Gasteiger partial charge in [0.25, 0.3) is 5.91 Å². The number of terminal acetylenes is 1. The Morgan fingerprint density at radius 3 is 2.84 bits per heavy atom. The molecule has 1 heterocycles. The topological polar surface area (TPSA) is 33.2 Å². The first-order valence-electron chi connectivity index (χ1n) is 6.34. The number of nitrogens with zero attached hydrogens (tertiary/aromatic N) is 2. The highest BCUT2D eigenvalue weighted by Crippen LogP contribution is 2.13. The van der Waals surface area contributed by atoms with Crippen LogP contribution in [0.3, 0.4) is 0 Å². The van der Waals surface area contributed by atoms with E-state index in [9.17, 15) is 4.79 Å². The number of hydrogen-bond donors (Lipinski definition) is 0. The van der Waals surface area contributed by atoms with Gasteiger partial charge in [0, 0.05) is 11.9 Å². The van der Waals surface area contributed by atoms with E-state index in [1.165, 1.54) is 0 Å². The van der Waals surface area contributed by atoms with Gasteiger partial charge in [0.15, 0.2) is 0 Å². The van der Waals surface area contributed by atoms with Crippen LogP contribution in [0.1, 0.15) is 23.8 Å². The summed E-state index contributed by atoms with van der Waals surface area (Å²) in [7, 11) is 0. The maximum atomic E-state index is 12.3. The predicted molar refractivity (Wildman–Crippen MR) is 76.8 cm³/mol. The summed E-state index contributed by atoms with van der Waals surface area (Å²) in [4.78, 5) is 18.4. The van der Waals surface area contributed by atoms with Crippen molar-refractivity contribution in [3.63, 3.8) is 0 Å². The van der Waals surface area contributed by atoms with Crippen LogP contribution in [0.2, 0.25) is 0 Å². The largest absolute Gasteiger partial charge is 0.326 e. The highest BCUT2D eigenvalue weighted by Gasteiger charge is 2.15. The maximum Gasteiger partial charge on any atom is 0.273 e. The number of carbonyl (C=O) groups is 1. The van der Waals surface area contributed by atoms with Crippen molar-refractivity contribution in [3.8, 4) is 12.3 Å². The standard InChI is InChI=1S/C16H16N2O/c1-3-11-18(12-4-2)16(19)15-10-9-13-7-5-6-8-14(13)17-15/h1,5-10H,4,11-12H2,2H3. The van der Waals surface area contributed by atoms with Gasteiger partial charge in [-0.3, -0.25) is 4.79 Å². The van der Waals surface area contributed by atoms with E-state index < -0.39 is 0 Å². The van der Waals surface area contributed by atoms with Gasteiger partial charge in [-0.05, 0) is 18.6 Å². The zero-order valence-corrected chi connectivity index (χ0v) is 11.0. The van der Waals surface area contributed by atoms with Crippen LogP contribution in [0.4, 0.5) is 0 Å². The third kappa shape index (κ3) is 2.92. The van der Waals surface area contributed by atoms with Gasteiger partial charge in [-0.1, -0.05) is 37.1 Å². The molecular formula is C16H16N2O. The summed E-state index contributed by atoms with van der Waals surface area (Å²) in [6.45, 7) is 2.99. The zero-order valence-electron chi connectivity index (χ0n) is 11.0. The Kier molecular flexibility index (Phi) is 4.15. The minimum absolute atomic E-state index is 0.106. The molecule has 0 saturated heterocycles. The van der Waals surface area contributed by atoms with Crippen LogP contribution in [0, 0.1) is 12.3 Å². The summed E-state index contributed by atoms with van der Waals surface area (Å²) < 4.78 is 0. The first kappa shape index (κ1) is 13.1. The lowest BCUT2D eigenvalue weighted by molar-refractivity contribution is 0.0771. The Labute approximate surface area is 113 Å². The van der Waals surface area contributed by atoms with Crippen LogP contribution >= 0.6 is 0 Å². The molecule has 1 amide bonds. The molecule has 19 heavy (non-hydrogen) atoms. The van der Waals surface area contributed by atoms with Gasteiger partial charge in [0.05, 0.1) is 12.1 Å². The number of rotatable bonds is 4. The van der Waals surface area contributed by atoms with Crippen LogP contribution in [-0.2, 0) is 0 Å².